The van der Waals surface area contributed by atoms with Gasteiger partial charge in [0.2, 0.25) is 5.78 Å². The molecule has 0 radical (unpaired) electrons. The van der Waals surface area contributed by atoms with E-state index in [9.17, 15) is 14.4 Å². The maximum Gasteiger partial charge on any atom is 0.381 e. The van der Waals surface area contributed by atoms with E-state index in [1.165, 1.54) is 0 Å². The second-order valence-electron chi connectivity index (χ2n) is 3.32. The minimum absolute atomic E-state index is 0.0482. The molecular formula is C9H16N4O4. The molecule has 8 heteroatoms. The lowest BCUT2D eigenvalue weighted by Crippen LogP contribution is -2.35. The Morgan fingerprint density at radius 1 is 1.29 bits per heavy atom. The first-order valence-corrected chi connectivity index (χ1v) is 4.92. The van der Waals surface area contributed by atoms with Gasteiger partial charge in [-0.2, -0.15) is 0 Å². The maximum atomic E-state index is 11.2. The summed E-state index contributed by atoms with van der Waals surface area (Å²) in [4.78, 5) is 36.2. The predicted octanol–water partition coefficient (Wildman–Crippen LogP) is -1.97. The summed E-state index contributed by atoms with van der Waals surface area (Å²) in [6.07, 6.45) is 0.712. The number of nitrogens with two attached hydrogens (primary N) is 3. The Bertz CT molecular complexity index is 336. The molecule has 0 saturated heterocycles. The van der Waals surface area contributed by atoms with Crippen molar-refractivity contribution in [3.63, 3.8) is 0 Å². The Morgan fingerprint density at radius 3 is 2.35 bits per heavy atom. The summed E-state index contributed by atoms with van der Waals surface area (Å²) in [6, 6.07) is -0.979. The van der Waals surface area contributed by atoms with Crippen LogP contribution in [0.4, 0.5) is 0 Å². The van der Waals surface area contributed by atoms with Crippen molar-refractivity contribution in [2.24, 2.45) is 22.2 Å². The quantitative estimate of drug-likeness (QED) is 0.122. The molecule has 0 rings (SSSR count). The fraction of sp³-hybridized carbons (Fsp3) is 0.556. The molecular weight excluding hydrogens is 228 g/mol. The first-order chi connectivity index (χ1) is 7.84. The third-order valence-electron chi connectivity index (χ3n) is 1.75. The number of Topliss-reactive ketones (excluding diaryl/α,β-unsaturated/α-hetero) is 1. The van der Waals surface area contributed by atoms with E-state index in [1.54, 1.807) is 0 Å². The molecule has 1 unspecified atom stereocenters. The lowest BCUT2D eigenvalue weighted by molar-refractivity contribution is -0.164. The molecule has 6 N–H and O–H groups in total. The van der Waals surface area contributed by atoms with Gasteiger partial charge in [0.05, 0.1) is 0 Å². The summed E-state index contributed by atoms with van der Waals surface area (Å²) in [5.41, 5.74) is 15.6. The summed E-state index contributed by atoms with van der Waals surface area (Å²) in [6.45, 7) is 1.32. The van der Waals surface area contributed by atoms with Gasteiger partial charge in [0, 0.05) is 13.5 Å². The topological polar surface area (TPSA) is 151 Å². The van der Waals surface area contributed by atoms with Crippen LogP contribution in [0.3, 0.4) is 0 Å². The molecule has 0 aliphatic rings. The van der Waals surface area contributed by atoms with Crippen LogP contribution in [-0.4, -0.2) is 36.3 Å². The van der Waals surface area contributed by atoms with E-state index in [0.717, 1.165) is 6.92 Å². The van der Waals surface area contributed by atoms with Gasteiger partial charge < -0.3 is 21.9 Å². The van der Waals surface area contributed by atoms with Crippen LogP contribution in [0.15, 0.2) is 4.99 Å². The van der Waals surface area contributed by atoms with Crippen molar-refractivity contribution in [3.8, 4) is 0 Å². The summed E-state index contributed by atoms with van der Waals surface area (Å²) < 4.78 is 4.21. The number of carbonyl (C=O) groups is 3. The molecule has 0 aliphatic carbocycles. The normalized spacial score (nSPS) is 11.4. The molecule has 0 heterocycles. The molecule has 0 saturated carbocycles. The van der Waals surface area contributed by atoms with Gasteiger partial charge in [-0.1, -0.05) is 0 Å². The molecule has 0 bridgehead atoms. The highest BCUT2D eigenvalue weighted by molar-refractivity contribution is 6.34. The molecule has 0 aromatic carbocycles. The number of ether oxygens (including phenoxy) is 1. The van der Waals surface area contributed by atoms with Crippen molar-refractivity contribution < 1.29 is 19.1 Å². The second-order valence-corrected chi connectivity index (χ2v) is 3.32. The summed E-state index contributed by atoms with van der Waals surface area (Å²) in [5, 5.41) is 0. The van der Waals surface area contributed by atoms with Gasteiger partial charge in [0.15, 0.2) is 5.96 Å². The van der Waals surface area contributed by atoms with Gasteiger partial charge in [-0.3, -0.25) is 9.79 Å². The van der Waals surface area contributed by atoms with Crippen LogP contribution in [-0.2, 0) is 19.1 Å². The van der Waals surface area contributed by atoms with Crippen molar-refractivity contribution in [2.75, 3.05) is 6.54 Å². The Labute approximate surface area is 98.2 Å². The van der Waals surface area contributed by atoms with Crippen LogP contribution in [0.25, 0.3) is 0 Å². The van der Waals surface area contributed by atoms with Crippen LogP contribution in [0.1, 0.15) is 19.8 Å². The van der Waals surface area contributed by atoms with E-state index in [-0.39, 0.29) is 12.4 Å². The Hall–Kier alpha value is -1.96. The summed E-state index contributed by atoms with van der Waals surface area (Å²) >= 11 is 0. The van der Waals surface area contributed by atoms with Crippen molar-refractivity contribution in [1.29, 1.82) is 0 Å². The highest BCUT2D eigenvalue weighted by atomic mass is 16.6. The van der Waals surface area contributed by atoms with Gasteiger partial charge in [-0.05, 0) is 12.8 Å². The van der Waals surface area contributed by atoms with Crippen LogP contribution in [0, 0.1) is 0 Å². The Morgan fingerprint density at radius 2 is 1.88 bits per heavy atom. The van der Waals surface area contributed by atoms with Gasteiger partial charge in [0.25, 0.3) is 0 Å². The van der Waals surface area contributed by atoms with Gasteiger partial charge in [-0.25, -0.2) is 9.59 Å². The van der Waals surface area contributed by atoms with E-state index < -0.39 is 23.8 Å². The van der Waals surface area contributed by atoms with Crippen molar-refractivity contribution in [1.82, 2.24) is 0 Å². The molecule has 0 aromatic rings. The number of esters is 2. The van der Waals surface area contributed by atoms with E-state index in [1.807, 2.05) is 0 Å². The third kappa shape index (κ3) is 7.01. The van der Waals surface area contributed by atoms with Crippen LogP contribution >= 0.6 is 0 Å². The number of ketones is 1. The standard InChI is InChI=1S/C9H16N4O4/c1-5(14)7(15)17-8(16)6(10)3-2-4-13-9(11)12/h6H,2-4,10H2,1H3,(H4,11,12,13). The third-order valence-corrected chi connectivity index (χ3v) is 1.75. The molecule has 17 heavy (non-hydrogen) atoms. The maximum absolute atomic E-state index is 11.2. The average molecular weight is 244 g/mol. The largest absolute Gasteiger partial charge is 0.386 e. The average Bonchev–Trinajstić information content (AvgIpc) is 2.23. The number of hydrogen-bond donors (Lipinski definition) is 3. The number of hydrogen-bond acceptors (Lipinski definition) is 6. The minimum Gasteiger partial charge on any atom is -0.386 e. The van der Waals surface area contributed by atoms with E-state index >= 15 is 0 Å². The monoisotopic (exact) mass is 244 g/mol. The van der Waals surface area contributed by atoms with Crippen LogP contribution in [0.2, 0.25) is 0 Å². The summed E-state index contributed by atoms with van der Waals surface area (Å²) in [7, 11) is 0. The highest BCUT2D eigenvalue weighted by Gasteiger charge is 2.20. The molecule has 96 valence electrons. The fourth-order valence-corrected chi connectivity index (χ4v) is 0.876. The highest BCUT2D eigenvalue weighted by Crippen LogP contribution is 1.98. The van der Waals surface area contributed by atoms with Crippen molar-refractivity contribution in [2.45, 2.75) is 25.8 Å². The smallest absolute Gasteiger partial charge is 0.381 e. The minimum atomic E-state index is -1.21. The SMILES string of the molecule is CC(=O)C(=O)OC(=O)C(N)CCCN=C(N)N. The van der Waals surface area contributed by atoms with Crippen molar-refractivity contribution in [3.05, 3.63) is 0 Å². The zero-order valence-corrected chi connectivity index (χ0v) is 9.51. The van der Waals surface area contributed by atoms with E-state index in [0.29, 0.717) is 13.0 Å². The molecule has 0 fully saturated rings. The van der Waals surface area contributed by atoms with E-state index in [2.05, 4.69) is 9.73 Å². The molecule has 1 atom stereocenters. The zero-order chi connectivity index (χ0) is 13.4. The number of rotatable bonds is 6. The van der Waals surface area contributed by atoms with Crippen molar-refractivity contribution >= 4 is 23.7 Å². The fourth-order valence-electron chi connectivity index (χ4n) is 0.876. The molecule has 0 aromatic heterocycles. The second kappa shape index (κ2) is 7.34. The van der Waals surface area contributed by atoms with Gasteiger partial charge in [0.1, 0.15) is 6.04 Å². The Balaban J connectivity index is 3.94. The number of nitrogens with zero attached hydrogens (tertiary/aromatic N) is 1. The van der Waals surface area contributed by atoms with Crippen LogP contribution < -0.4 is 17.2 Å². The zero-order valence-electron chi connectivity index (χ0n) is 9.51. The molecule has 0 aliphatic heterocycles. The lowest BCUT2D eigenvalue weighted by Gasteiger charge is -2.08. The predicted molar refractivity (Wildman–Crippen MR) is 59.7 cm³/mol. The number of guanidine groups is 1. The van der Waals surface area contributed by atoms with Gasteiger partial charge >= 0.3 is 11.9 Å². The molecule has 0 amide bonds. The van der Waals surface area contributed by atoms with Crippen LogP contribution in [0.5, 0.6) is 0 Å². The first-order valence-electron chi connectivity index (χ1n) is 4.92. The number of carbonyl (C=O) groups excluding carboxylic acids is 3. The number of aliphatic imine (C=N–C) groups is 1. The van der Waals surface area contributed by atoms with E-state index in [4.69, 9.17) is 17.2 Å². The molecule has 0 spiro atoms. The lowest BCUT2D eigenvalue weighted by atomic mass is 10.2. The first kappa shape index (κ1) is 15.0. The van der Waals surface area contributed by atoms with Gasteiger partial charge in [-0.15, -0.1) is 0 Å². The Kier molecular flexibility index (Phi) is 6.49. The molecule has 8 nitrogen and oxygen atoms in total. The summed E-state index contributed by atoms with van der Waals surface area (Å²) in [5.74, 6) is -3.05.